The summed E-state index contributed by atoms with van der Waals surface area (Å²) in [5.41, 5.74) is 1.18. The van der Waals surface area contributed by atoms with Crippen molar-refractivity contribution >= 4 is 5.69 Å². The first-order valence-corrected chi connectivity index (χ1v) is 3.52. The molecule has 1 heterocycles. The zero-order valence-electron chi connectivity index (χ0n) is 6.46. The molecule has 0 fully saturated rings. The van der Waals surface area contributed by atoms with Gasteiger partial charge >= 0.3 is 0 Å². The third kappa shape index (κ3) is 1.72. The maximum absolute atomic E-state index is 3.22. The van der Waals surface area contributed by atoms with Crippen LogP contribution in [0.25, 0.3) is 0 Å². The molecule has 0 saturated heterocycles. The first-order chi connectivity index (χ1) is 4.83. The van der Waals surface area contributed by atoms with E-state index in [1.54, 1.807) is 0 Å². The van der Waals surface area contributed by atoms with E-state index in [0.717, 1.165) is 6.54 Å². The third-order valence-corrected chi connectivity index (χ3v) is 1.36. The molecule has 0 saturated carbocycles. The quantitative estimate of drug-likeness (QED) is 0.600. The summed E-state index contributed by atoms with van der Waals surface area (Å²) in [6.45, 7) is 3.07. The highest BCUT2D eigenvalue weighted by molar-refractivity contribution is 5.39. The number of aryl methyl sites for hydroxylation is 1. The molecule has 0 aromatic carbocycles. The van der Waals surface area contributed by atoms with Gasteiger partial charge in [0.1, 0.15) is 7.05 Å². The lowest BCUT2D eigenvalue weighted by atomic mass is 10.4. The molecule has 0 aliphatic rings. The molecule has 0 atom stereocenters. The first kappa shape index (κ1) is 7.06. The minimum atomic E-state index is 0.980. The van der Waals surface area contributed by atoms with Gasteiger partial charge in [0.25, 0.3) is 0 Å². The van der Waals surface area contributed by atoms with Crippen LogP contribution < -0.4 is 9.88 Å². The van der Waals surface area contributed by atoms with Gasteiger partial charge in [0.15, 0.2) is 12.4 Å². The molecule has 0 radical (unpaired) electrons. The van der Waals surface area contributed by atoms with Gasteiger partial charge in [0, 0.05) is 24.4 Å². The Morgan fingerprint density at radius 2 is 2.00 bits per heavy atom. The van der Waals surface area contributed by atoms with Crippen LogP contribution in [0.15, 0.2) is 24.5 Å². The third-order valence-electron chi connectivity index (χ3n) is 1.36. The highest BCUT2D eigenvalue weighted by Crippen LogP contribution is 1.99. The van der Waals surface area contributed by atoms with E-state index in [2.05, 4.69) is 24.4 Å². The Bertz CT molecular complexity index is 191. The van der Waals surface area contributed by atoms with Gasteiger partial charge in [-0.25, -0.2) is 4.57 Å². The van der Waals surface area contributed by atoms with Gasteiger partial charge in [-0.05, 0) is 6.92 Å². The van der Waals surface area contributed by atoms with Crippen LogP contribution in [0.5, 0.6) is 0 Å². The number of hydrogen-bond acceptors (Lipinski definition) is 1. The molecular formula is C8H13N2+. The number of pyridine rings is 1. The zero-order chi connectivity index (χ0) is 7.40. The summed E-state index contributed by atoms with van der Waals surface area (Å²) in [6.07, 6.45) is 4.05. The molecule has 0 spiro atoms. The Kier molecular flexibility index (Phi) is 2.26. The van der Waals surface area contributed by atoms with Crippen molar-refractivity contribution in [2.24, 2.45) is 7.05 Å². The van der Waals surface area contributed by atoms with Gasteiger partial charge in [0.2, 0.25) is 0 Å². The summed E-state index contributed by atoms with van der Waals surface area (Å²) in [5, 5.41) is 3.22. The largest absolute Gasteiger partial charge is 0.385 e. The van der Waals surface area contributed by atoms with Crippen molar-refractivity contribution in [1.82, 2.24) is 0 Å². The van der Waals surface area contributed by atoms with E-state index < -0.39 is 0 Å². The molecule has 1 rings (SSSR count). The second-order valence-corrected chi connectivity index (χ2v) is 2.28. The Balaban J connectivity index is 2.69. The molecule has 10 heavy (non-hydrogen) atoms. The van der Waals surface area contributed by atoms with Crippen LogP contribution in [0.3, 0.4) is 0 Å². The molecule has 2 nitrogen and oxygen atoms in total. The lowest BCUT2D eigenvalue weighted by Crippen LogP contribution is -2.25. The molecule has 1 N–H and O–H groups in total. The lowest BCUT2D eigenvalue weighted by Gasteiger charge is -1.98. The van der Waals surface area contributed by atoms with Crippen LogP contribution >= 0.6 is 0 Å². The van der Waals surface area contributed by atoms with Crippen LogP contribution in [-0.4, -0.2) is 6.54 Å². The number of nitrogens with one attached hydrogen (secondary N) is 1. The summed E-state index contributed by atoms with van der Waals surface area (Å²) < 4.78 is 2.01. The van der Waals surface area contributed by atoms with Crippen molar-refractivity contribution in [3.63, 3.8) is 0 Å². The number of anilines is 1. The molecule has 2 heteroatoms. The van der Waals surface area contributed by atoms with Gasteiger partial charge in [-0.15, -0.1) is 0 Å². The normalized spacial score (nSPS) is 9.40. The number of hydrogen-bond donors (Lipinski definition) is 1. The summed E-state index contributed by atoms with van der Waals surface area (Å²) >= 11 is 0. The van der Waals surface area contributed by atoms with E-state index in [1.807, 2.05) is 24.0 Å². The highest BCUT2D eigenvalue weighted by atomic mass is 14.9. The predicted octanol–water partition coefficient (Wildman–Crippen LogP) is 0.943. The average molecular weight is 137 g/mol. The molecule has 0 aliphatic carbocycles. The van der Waals surface area contributed by atoms with E-state index in [0.29, 0.717) is 0 Å². The number of nitrogens with zero attached hydrogens (tertiary/aromatic N) is 1. The Morgan fingerprint density at radius 1 is 1.40 bits per heavy atom. The van der Waals surface area contributed by atoms with E-state index in [1.165, 1.54) is 5.69 Å². The van der Waals surface area contributed by atoms with Crippen molar-refractivity contribution in [2.45, 2.75) is 6.92 Å². The molecule has 0 unspecified atom stereocenters. The van der Waals surface area contributed by atoms with E-state index in [4.69, 9.17) is 0 Å². The van der Waals surface area contributed by atoms with E-state index in [9.17, 15) is 0 Å². The summed E-state index contributed by atoms with van der Waals surface area (Å²) in [4.78, 5) is 0. The lowest BCUT2D eigenvalue weighted by molar-refractivity contribution is -0.671. The maximum Gasteiger partial charge on any atom is 0.170 e. The molecular weight excluding hydrogens is 124 g/mol. The standard InChI is InChI=1S/C8H12N2/c1-3-9-8-4-6-10(2)7-5-8/h4-7H,3H2,1-2H3/p+1. The van der Waals surface area contributed by atoms with Crippen LogP contribution in [0.2, 0.25) is 0 Å². The Hall–Kier alpha value is -1.05. The number of aromatic nitrogens is 1. The van der Waals surface area contributed by atoms with Gasteiger partial charge < -0.3 is 5.32 Å². The fraction of sp³-hybridized carbons (Fsp3) is 0.375. The van der Waals surface area contributed by atoms with Crippen molar-refractivity contribution in [2.75, 3.05) is 11.9 Å². The summed E-state index contributed by atoms with van der Waals surface area (Å²) in [6, 6.07) is 4.12. The minimum Gasteiger partial charge on any atom is -0.385 e. The van der Waals surface area contributed by atoms with Crippen molar-refractivity contribution in [3.05, 3.63) is 24.5 Å². The average Bonchev–Trinajstić information content (AvgIpc) is 1.95. The second-order valence-electron chi connectivity index (χ2n) is 2.28. The molecule has 0 amide bonds. The molecule has 0 aliphatic heterocycles. The van der Waals surface area contributed by atoms with Gasteiger partial charge in [-0.2, -0.15) is 0 Å². The maximum atomic E-state index is 3.22. The van der Waals surface area contributed by atoms with Gasteiger partial charge in [0.05, 0.1) is 0 Å². The fourth-order valence-corrected chi connectivity index (χ4v) is 0.823. The zero-order valence-corrected chi connectivity index (χ0v) is 6.46. The van der Waals surface area contributed by atoms with Gasteiger partial charge in [-0.3, -0.25) is 0 Å². The predicted molar refractivity (Wildman–Crippen MR) is 41.8 cm³/mol. The van der Waals surface area contributed by atoms with Crippen LogP contribution in [0.1, 0.15) is 6.92 Å². The Morgan fingerprint density at radius 3 is 2.50 bits per heavy atom. The van der Waals surface area contributed by atoms with Crippen LogP contribution in [0.4, 0.5) is 5.69 Å². The SMILES string of the molecule is CCNc1cc[n+](C)cc1. The van der Waals surface area contributed by atoms with Crippen LogP contribution in [-0.2, 0) is 7.05 Å². The molecule has 1 aromatic heterocycles. The Labute approximate surface area is 61.5 Å². The van der Waals surface area contributed by atoms with Crippen molar-refractivity contribution in [1.29, 1.82) is 0 Å². The monoisotopic (exact) mass is 137 g/mol. The number of rotatable bonds is 2. The molecule has 54 valence electrons. The van der Waals surface area contributed by atoms with Crippen molar-refractivity contribution in [3.8, 4) is 0 Å². The minimum absolute atomic E-state index is 0.980. The van der Waals surface area contributed by atoms with Crippen LogP contribution in [0, 0.1) is 0 Å². The van der Waals surface area contributed by atoms with Gasteiger partial charge in [-0.1, -0.05) is 0 Å². The van der Waals surface area contributed by atoms with E-state index in [-0.39, 0.29) is 0 Å². The fourth-order valence-electron chi connectivity index (χ4n) is 0.823. The highest BCUT2D eigenvalue weighted by Gasteiger charge is 1.91. The van der Waals surface area contributed by atoms with Crippen molar-refractivity contribution < 1.29 is 4.57 Å². The second kappa shape index (κ2) is 3.20. The van der Waals surface area contributed by atoms with E-state index >= 15 is 0 Å². The first-order valence-electron chi connectivity index (χ1n) is 3.52. The summed E-state index contributed by atoms with van der Waals surface area (Å²) in [5.74, 6) is 0. The molecule has 0 bridgehead atoms. The topological polar surface area (TPSA) is 15.9 Å². The summed E-state index contributed by atoms with van der Waals surface area (Å²) in [7, 11) is 2.01. The smallest absolute Gasteiger partial charge is 0.170 e. The molecule has 1 aromatic rings.